The van der Waals surface area contributed by atoms with Gasteiger partial charge < -0.3 is 15.2 Å². The number of hydrogen-bond donors (Lipinski definition) is 2. The van der Waals surface area contributed by atoms with E-state index in [-0.39, 0.29) is 25.0 Å². The fourth-order valence-corrected chi connectivity index (χ4v) is 2.97. The van der Waals surface area contributed by atoms with Crippen LogP contribution in [0.25, 0.3) is 0 Å². The molecule has 2 N–H and O–H groups in total. The van der Waals surface area contributed by atoms with Crippen LogP contribution in [0.2, 0.25) is 0 Å². The Morgan fingerprint density at radius 2 is 1.83 bits per heavy atom. The van der Waals surface area contributed by atoms with Crippen LogP contribution in [0.3, 0.4) is 0 Å². The van der Waals surface area contributed by atoms with Crippen LogP contribution in [0.1, 0.15) is 29.9 Å². The summed E-state index contributed by atoms with van der Waals surface area (Å²) in [5.41, 5.74) is 2.00. The minimum Gasteiger partial charge on any atom is -0.491 e. The molecule has 126 valence electrons. The molecule has 4 nitrogen and oxygen atoms in total. The zero-order valence-electron chi connectivity index (χ0n) is 13.7. The number of nitrogens with one attached hydrogen (secondary N) is 1. The van der Waals surface area contributed by atoms with Crippen molar-refractivity contribution >= 4 is 5.91 Å². The van der Waals surface area contributed by atoms with Gasteiger partial charge in [0.2, 0.25) is 5.91 Å². The van der Waals surface area contributed by atoms with Crippen LogP contribution >= 0.6 is 0 Å². The van der Waals surface area contributed by atoms with E-state index >= 15 is 0 Å². The van der Waals surface area contributed by atoms with Gasteiger partial charge in [0, 0.05) is 12.1 Å². The van der Waals surface area contributed by atoms with Gasteiger partial charge in [-0.1, -0.05) is 48.5 Å². The lowest BCUT2D eigenvalue weighted by Crippen LogP contribution is -2.30. The van der Waals surface area contributed by atoms with Crippen LogP contribution < -0.4 is 10.1 Å². The Morgan fingerprint density at radius 3 is 2.54 bits per heavy atom. The average Bonchev–Trinajstić information content (AvgIpc) is 3.45. The molecule has 1 fully saturated rings. The third kappa shape index (κ3) is 4.15. The van der Waals surface area contributed by atoms with Crippen LogP contribution in [-0.4, -0.2) is 24.2 Å². The van der Waals surface area contributed by atoms with Gasteiger partial charge in [0.1, 0.15) is 12.4 Å². The van der Waals surface area contributed by atoms with Crippen molar-refractivity contribution in [2.24, 2.45) is 5.92 Å². The quantitative estimate of drug-likeness (QED) is 0.784. The third-order valence-corrected chi connectivity index (χ3v) is 4.31. The number of rotatable bonds is 8. The second-order valence-corrected chi connectivity index (χ2v) is 6.12. The molecule has 1 unspecified atom stereocenters. The molecule has 0 bridgehead atoms. The Morgan fingerprint density at radius 1 is 1.12 bits per heavy atom. The summed E-state index contributed by atoms with van der Waals surface area (Å²) in [7, 11) is 0. The van der Waals surface area contributed by atoms with Crippen molar-refractivity contribution in [3.05, 3.63) is 65.7 Å². The minimum atomic E-state index is -0.0725. The van der Waals surface area contributed by atoms with Crippen LogP contribution in [0.4, 0.5) is 0 Å². The fraction of sp³-hybridized carbons (Fsp3) is 0.350. The van der Waals surface area contributed by atoms with Crippen LogP contribution in [0.15, 0.2) is 54.6 Å². The van der Waals surface area contributed by atoms with Gasteiger partial charge >= 0.3 is 0 Å². The topological polar surface area (TPSA) is 58.6 Å². The standard InChI is InChI=1S/C20H23NO3/c22-12-13-24-18-9-5-4-8-17(18)14-21-20(23)19(16-10-11-16)15-6-2-1-3-7-15/h1-9,16,19,22H,10-14H2,(H,21,23). The van der Waals surface area contributed by atoms with Crippen LogP contribution in [0.5, 0.6) is 5.75 Å². The van der Waals surface area contributed by atoms with Crippen molar-refractivity contribution in [3.8, 4) is 5.75 Å². The maximum Gasteiger partial charge on any atom is 0.228 e. The van der Waals surface area contributed by atoms with Crippen molar-refractivity contribution in [2.45, 2.75) is 25.3 Å². The van der Waals surface area contributed by atoms with Crippen LogP contribution in [-0.2, 0) is 11.3 Å². The van der Waals surface area contributed by atoms with Gasteiger partial charge in [-0.05, 0) is 30.4 Å². The Balaban J connectivity index is 1.66. The number of ether oxygens (including phenoxy) is 1. The molecule has 0 aromatic heterocycles. The molecule has 2 aromatic rings. The molecule has 4 heteroatoms. The van der Waals surface area contributed by atoms with Gasteiger partial charge in [0.05, 0.1) is 12.5 Å². The number of carbonyl (C=O) groups excluding carboxylic acids is 1. The number of aliphatic hydroxyl groups excluding tert-OH is 1. The van der Waals surface area contributed by atoms with Gasteiger partial charge in [0.25, 0.3) is 0 Å². The van der Waals surface area contributed by atoms with Crippen LogP contribution in [0, 0.1) is 5.92 Å². The van der Waals surface area contributed by atoms with Gasteiger partial charge in [-0.2, -0.15) is 0 Å². The summed E-state index contributed by atoms with van der Waals surface area (Å²) in [5, 5.41) is 12.0. The first-order valence-electron chi connectivity index (χ1n) is 8.44. The molecule has 1 saturated carbocycles. The summed E-state index contributed by atoms with van der Waals surface area (Å²) in [5.74, 6) is 1.15. The van der Waals surface area contributed by atoms with Crippen molar-refractivity contribution < 1.29 is 14.6 Å². The number of hydrogen-bond acceptors (Lipinski definition) is 3. The van der Waals surface area contributed by atoms with E-state index in [4.69, 9.17) is 9.84 Å². The predicted molar refractivity (Wildman–Crippen MR) is 92.8 cm³/mol. The van der Waals surface area contributed by atoms with Crippen molar-refractivity contribution in [2.75, 3.05) is 13.2 Å². The first-order chi connectivity index (χ1) is 11.8. The molecule has 0 aliphatic heterocycles. The molecule has 3 rings (SSSR count). The second kappa shape index (κ2) is 7.97. The largest absolute Gasteiger partial charge is 0.491 e. The zero-order valence-corrected chi connectivity index (χ0v) is 13.7. The molecule has 0 spiro atoms. The van der Waals surface area contributed by atoms with E-state index in [1.165, 1.54) is 0 Å². The van der Waals surface area contributed by atoms with E-state index < -0.39 is 0 Å². The summed E-state index contributed by atoms with van der Waals surface area (Å²) in [6.07, 6.45) is 2.23. The molecular formula is C20H23NO3. The molecule has 0 saturated heterocycles. The first-order valence-corrected chi connectivity index (χ1v) is 8.44. The highest BCUT2D eigenvalue weighted by Gasteiger charge is 2.37. The van der Waals surface area contributed by atoms with Crippen molar-refractivity contribution in [1.82, 2.24) is 5.32 Å². The van der Waals surface area contributed by atoms with Gasteiger partial charge in [0.15, 0.2) is 0 Å². The predicted octanol–water partition coefficient (Wildman–Crippen LogP) is 2.87. The number of para-hydroxylation sites is 1. The maximum absolute atomic E-state index is 12.7. The molecule has 0 heterocycles. The molecular weight excluding hydrogens is 302 g/mol. The highest BCUT2D eigenvalue weighted by molar-refractivity contribution is 5.84. The SMILES string of the molecule is O=C(NCc1ccccc1OCCO)C(c1ccccc1)C1CC1. The molecule has 1 amide bonds. The van der Waals surface area contributed by atoms with Gasteiger partial charge in [-0.25, -0.2) is 0 Å². The van der Waals surface area contributed by atoms with Crippen molar-refractivity contribution in [3.63, 3.8) is 0 Å². The Bertz CT molecular complexity index is 668. The third-order valence-electron chi connectivity index (χ3n) is 4.31. The molecule has 1 aliphatic carbocycles. The van der Waals surface area contributed by atoms with E-state index in [1.54, 1.807) is 0 Å². The summed E-state index contributed by atoms with van der Waals surface area (Å²) in [6.45, 7) is 0.647. The van der Waals surface area contributed by atoms with E-state index in [2.05, 4.69) is 5.32 Å². The molecule has 0 radical (unpaired) electrons. The first kappa shape index (κ1) is 16.5. The molecule has 1 atom stereocenters. The molecule has 2 aromatic carbocycles. The van der Waals surface area contributed by atoms with E-state index in [1.807, 2.05) is 54.6 Å². The molecule has 1 aliphatic rings. The lowest BCUT2D eigenvalue weighted by atomic mass is 9.93. The summed E-state index contributed by atoms with van der Waals surface area (Å²) >= 11 is 0. The average molecular weight is 325 g/mol. The lowest BCUT2D eigenvalue weighted by Gasteiger charge is -2.17. The highest BCUT2D eigenvalue weighted by atomic mass is 16.5. The Kier molecular flexibility index (Phi) is 5.49. The highest BCUT2D eigenvalue weighted by Crippen LogP contribution is 2.42. The maximum atomic E-state index is 12.7. The fourth-order valence-electron chi connectivity index (χ4n) is 2.97. The molecule has 24 heavy (non-hydrogen) atoms. The number of carbonyl (C=O) groups is 1. The summed E-state index contributed by atoms with van der Waals surface area (Å²) in [4.78, 5) is 12.7. The lowest BCUT2D eigenvalue weighted by molar-refractivity contribution is -0.123. The van der Waals surface area contributed by atoms with E-state index in [0.717, 1.165) is 24.0 Å². The number of aliphatic hydroxyl groups is 1. The number of amides is 1. The Hall–Kier alpha value is -2.33. The van der Waals surface area contributed by atoms with Crippen molar-refractivity contribution in [1.29, 1.82) is 0 Å². The van der Waals surface area contributed by atoms with E-state index in [0.29, 0.717) is 18.2 Å². The normalized spacial score (nSPS) is 14.9. The minimum absolute atomic E-state index is 0.0293. The second-order valence-electron chi connectivity index (χ2n) is 6.12. The smallest absolute Gasteiger partial charge is 0.228 e. The van der Waals surface area contributed by atoms with E-state index in [9.17, 15) is 4.79 Å². The summed E-state index contributed by atoms with van der Waals surface area (Å²) < 4.78 is 5.52. The van der Waals surface area contributed by atoms with Gasteiger partial charge in [-0.15, -0.1) is 0 Å². The number of benzene rings is 2. The monoisotopic (exact) mass is 325 g/mol. The summed E-state index contributed by atoms with van der Waals surface area (Å²) in [6, 6.07) is 17.6. The zero-order chi connectivity index (χ0) is 16.8. The Labute approximate surface area is 142 Å². The van der Waals surface area contributed by atoms with Gasteiger partial charge in [-0.3, -0.25) is 4.79 Å².